The molecular weight excluding hydrogens is 132 g/mol. The Morgan fingerprint density at radius 1 is 1.70 bits per heavy atom. The van der Waals surface area contributed by atoms with Crippen molar-refractivity contribution in [2.24, 2.45) is 0 Å². The molecule has 0 aliphatic carbocycles. The van der Waals surface area contributed by atoms with Gasteiger partial charge in [-0.2, -0.15) is 5.10 Å². The molecule has 0 radical (unpaired) electrons. The van der Waals surface area contributed by atoms with E-state index in [0.717, 1.165) is 5.56 Å². The van der Waals surface area contributed by atoms with Crippen molar-refractivity contribution < 1.29 is 5.11 Å². The first-order valence-corrected chi connectivity index (χ1v) is 2.97. The van der Waals surface area contributed by atoms with Crippen LogP contribution in [0.2, 0.25) is 0 Å². The minimum absolute atomic E-state index is 0.0468. The number of aliphatic hydroxyl groups excluding tert-OH is 1. The molecular formula is C6H8N2O2. The van der Waals surface area contributed by atoms with E-state index < -0.39 is 0 Å². The number of aromatic amines is 1. The first kappa shape index (κ1) is 6.95. The van der Waals surface area contributed by atoms with Crippen molar-refractivity contribution in [3.8, 4) is 0 Å². The molecule has 0 aliphatic heterocycles. The normalized spacial score (nSPS) is 9.70. The van der Waals surface area contributed by atoms with Crippen molar-refractivity contribution in [1.29, 1.82) is 0 Å². The van der Waals surface area contributed by atoms with Gasteiger partial charge in [-0.05, 0) is 12.0 Å². The molecule has 0 saturated heterocycles. The fourth-order valence-corrected chi connectivity index (χ4v) is 0.683. The van der Waals surface area contributed by atoms with Gasteiger partial charge in [-0.25, -0.2) is 5.10 Å². The van der Waals surface area contributed by atoms with Crippen molar-refractivity contribution in [3.05, 3.63) is 28.2 Å². The van der Waals surface area contributed by atoms with Crippen LogP contribution >= 0.6 is 0 Å². The molecule has 0 amide bonds. The van der Waals surface area contributed by atoms with Crippen LogP contribution in [-0.2, 0) is 6.42 Å². The molecule has 2 N–H and O–H groups in total. The van der Waals surface area contributed by atoms with Crippen LogP contribution in [0, 0.1) is 0 Å². The minimum Gasteiger partial charge on any atom is -0.396 e. The number of hydrogen-bond acceptors (Lipinski definition) is 3. The molecule has 0 atom stereocenters. The standard InChI is InChI=1S/C6H8N2O2/c9-2-1-5-3-6(10)8-7-4-5/h3-4,9H,1-2H2,(H,8,10). The molecule has 0 spiro atoms. The van der Waals surface area contributed by atoms with Gasteiger partial charge in [0.2, 0.25) is 0 Å². The highest BCUT2D eigenvalue weighted by Gasteiger charge is 1.90. The molecule has 0 fully saturated rings. The van der Waals surface area contributed by atoms with Gasteiger partial charge < -0.3 is 5.11 Å². The lowest BCUT2D eigenvalue weighted by Crippen LogP contribution is -2.07. The van der Waals surface area contributed by atoms with Crippen molar-refractivity contribution >= 4 is 0 Å². The highest BCUT2D eigenvalue weighted by atomic mass is 16.3. The Bertz CT molecular complexity index is 256. The summed E-state index contributed by atoms with van der Waals surface area (Å²) in [6.07, 6.45) is 2.01. The van der Waals surface area contributed by atoms with E-state index in [0.29, 0.717) is 6.42 Å². The second-order valence-electron chi connectivity index (χ2n) is 1.93. The van der Waals surface area contributed by atoms with Crippen molar-refractivity contribution in [2.75, 3.05) is 6.61 Å². The lowest BCUT2D eigenvalue weighted by Gasteiger charge is -1.92. The molecule has 0 aliphatic rings. The second kappa shape index (κ2) is 3.12. The molecule has 4 nitrogen and oxygen atoms in total. The number of H-pyrrole nitrogens is 1. The zero-order valence-corrected chi connectivity index (χ0v) is 5.37. The van der Waals surface area contributed by atoms with E-state index in [9.17, 15) is 4.79 Å². The van der Waals surface area contributed by atoms with E-state index in [-0.39, 0.29) is 12.2 Å². The van der Waals surface area contributed by atoms with Gasteiger partial charge in [0.05, 0.1) is 6.20 Å². The van der Waals surface area contributed by atoms with Crippen molar-refractivity contribution in [1.82, 2.24) is 10.2 Å². The van der Waals surface area contributed by atoms with Gasteiger partial charge in [0.15, 0.2) is 0 Å². The molecule has 54 valence electrons. The molecule has 0 aromatic carbocycles. The summed E-state index contributed by atoms with van der Waals surface area (Å²) in [7, 11) is 0. The quantitative estimate of drug-likeness (QED) is 0.571. The Kier molecular flexibility index (Phi) is 2.17. The van der Waals surface area contributed by atoms with Crippen LogP contribution in [0.3, 0.4) is 0 Å². The van der Waals surface area contributed by atoms with E-state index in [1.54, 1.807) is 0 Å². The lowest BCUT2D eigenvalue weighted by molar-refractivity contribution is 0.299. The zero-order chi connectivity index (χ0) is 7.40. The number of aliphatic hydroxyl groups is 1. The van der Waals surface area contributed by atoms with Gasteiger partial charge in [-0.1, -0.05) is 0 Å². The third kappa shape index (κ3) is 1.66. The molecule has 1 rings (SSSR count). The van der Waals surface area contributed by atoms with Gasteiger partial charge in [-0.15, -0.1) is 0 Å². The smallest absolute Gasteiger partial charge is 0.264 e. The van der Waals surface area contributed by atoms with E-state index in [1.165, 1.54) is 12.3 Å². The van der Waals surface area contributed by atoms with Gasteiger partial charge >= 0.3 is 0 Å². The number of aromatic nitrogens is 2. The largest absolute Gasteiger partial charge is 0.396 e. The van der Waals surface area contributed by atoms with Crippen molar-refractivity contribution in [2.45, 2.75) is 6.42 Å². The summed E-state index contributed by atoms with van der Waals surface area (Å²) in [6.45, 7) is 0.0468. The van der Waals surface area contributed by atoms with Crippen LogP contribution < -0.4 is 5.56 Å². The highest BCUT2D eigenvalue weighted by Crippen LogP contribution is 1.89. The van der Waals surface area contributed by atoms with Crippen LogP contribution in [0.15, 0.2) is 17.1 Å². The first-order chi connectivity index (χ1) is 4.83. The Labute approximate surface area is 57.5 Å². The molecule has 1 aromatic heterocycles. The predicted molar refractivity (Wildman–Crippen MR) is 35.6 cm³/mol. The zero-order valence-electron chi connectivity index (χ0n) is 5.37. The van der Waals surface area contributed by atoms with Gasteiger partial charge in [0.25, 0.3) is 5.56 Å². The maximum atomic E-state index is 10.6. The van der Waals surface area contributed by atoms with E-state index in [2.05, 4.69) is 10.2 Å². The average molecular weight is 140 g/mol. The van der Waals surface area contributed by atoms with Gasteiger partial charge in [-0.3, -0.25) is 4.79 Å². The molecule has 0 saturated carbocycles. The lowest BCUT2D eigenvalue weighted by atomic mass is 10.2. The van der Waals surface area contributed by atoms with Crippen molar-refractivity contribution in [3.63, 3.8) is 0 Å². The summed E-state index contributed by atoms with van der Waals surface area (Å²) >= 11 is 0. The molecule has 4 heteroatoms. The fraction of sp³-hybridized carbons (Fsp3) is 0.333. The molecule has 10 heavy (non-hydrogen) atoms. The number of nitrogens with one attached hydrogen (secondary N) is 1. The minimum atomic E-state index is -0.231. The van der Waals surface area contributed by atoms with Crippen LogP contribution in [0.5, 0.6) is 0 Å². The van der Waals surface area contributed by atoms with E-state index in [4.69, 9.17) is 5.11 Å². The van der Waals surface area contributed by atoms with E-state index >= 15 is 0 Å². The molecule has 1 aromatic rings. The van der Waals surface area contributed by atoms with E-state index in [1.807, 2.05) is 0 Å². The molecule has 0 unspecified atom stereocenters. The monoisotopic (exact) mass is 140 g/mol. The van der Waals surface area contributed by atoms with Gasteiger partial charge in [0.1, 0.15) is 0 Å². The van der Waals surface area contributed by atoms with Crippen LogP contribution in [0.25, 0.3) is 0 Å². The SMILES string of the molecule is O=c1cc(CCO)cn[nH]1. The number of rotatable bonds is 2. The topological polar surface area (TPSA) is 66.0 Å². The average Bonchev–Trinajstić information content (AvgIpc) is 1.88. The Morgan fingerprint density at radius 3 is 3.10 bits per heavy atom. The number of nitrogens with zero attached hydrogens (tertiary/aromatic N) is 1. The highest BCUT2D eigenvalue weighted by molar-refractivity contribution is 5.05. The second-order valence-corrected chi connectivity index (χ2v) is 1.93. The summed E-state index contributed by atoms with van der Waals surface area (Å²) in [5.74, 6) is 0. The van der Waals surface area contributed by atoms with Crippen LogP contribution in [0.1, 0.15) is 5.56 Å². The Morgan fingerprint density at radius 2 is 2.50 bits per heavy atom. The summed E-state index contributed by atoms with van der Waals surface area (Å²) in [5, 5.41) is 14.3. The third-order valence-corrected chi connectivity index (χ3v) is 1.12. The molecule has 0 bridgehead atoms. The number of hydrogen-bond donors (Lipinski definition) is 2. The first-order valence-electron chi connectivity index (χ1n) is 2.97. The maximum absolute atomic E-state index is 10.6. The maximum Gasteiger partial charge on any atom is 0.264 e. The third-order valence-electron chi connectivity index (χ3n) is 1.12. The predicted octanol–water partition coefficient (Wildman–Crippen LogP) is -0.695. The Balaban J connectivity index is 2.85. The van der Waals surface area contributed by atoms with Crippen LogP contribution in [-0.4, -0.2) is 21.9 Å². The summed E-state index contributed by atoms with van der Waals surface area (Å²) in [5.41, 5.74) is 0.525. The van der Waals surface area contributed by atoms with Crippen LogP contribution in [0.4, 0.5) is 0 Å². The summed E-state index contributed by atoms with van der Waals surface area (Å²) < 4.78 is 0. The van der Waals surface area contributed by atoms with Gasteiger partial charge in [0, 0.05) is 12.7 Å². The summed E-state index contributed by atoms with van der Waals surface area (Å²) in [6, 6.07) is 1.42. The fourth-order valence-electron chi connectivity index (χ4n) is 0.683. The Hall–Kier alpha value is -1.16. The summed E-state index contributed by atoms with van der Waals surface area (Å²) in [4.78, 5) is 10.6. The molecule has 1 heterocycles.